The number of carboxylic acids is 1. The Morgan fingerprint density at radius 3 is 2.80 bits per heavy atom. The number of thioether (sulfide) groups is 2. The van der Waals surface area contributed by atoms with E-state index in [1.807, 2.05) is 30.3 Å². The van der Waals surface area contributed by atoms with Gasteiger partial charge in [-0.2, -0.15) is 0 Å². The minimum absolute atomic E-state index is 0.0112. The van der Waals surface area contributed by atoms with Crippen molar-refractivity contribution in [3.8, 4) is 0 Å². The number of hydrogen-bond donors (Lipinski definition) is 3. The Hall–Kier alpha value is -2.15. The summed E-state index contributed by atoms with van der Waals surface area (Å²) in [6.07, 6.45) is 0.180. The molecule has 1 aromatic heterocycles. The van der Waals surface area contributed by atoms with Gasteiger partial charge in [0.25, 0.3) is 0 Å². The van der Waals surface area contributed by atoms with E-state index in [1.165, 1.54) is 16.7 Å². The Morgan fingerprint density at radius 2 is 2.10 bits per heavy atom. The molecule has 30 heavy (non-hydrogen) atoms. The maximum Gasteiger partial charge on any atom is 0.322 e. The number of aliphatic hydroxyl groups excluding tert-OH is 1. The molecule has 2 amide bonds. The van der Waals surface area contributed by atoms with E-state index < -0.39 is 16.8 Å². The van der Waals surface area contributed by atoms with E-state index in [0.717, 1.165) is 28.9 Å². The molecule has 0 aliphatic carbocycles. The van der Waals surface area contributed by atoms with Gasteiger partial charge in [0.1, 0.15) is 26.1 Å². The zero-order valence-electron chi connectivity index (χ0n) is 15.6. The van der Waals surface area contributed by atoms with Gasteiger partial charge in [0.05, 0.1) is 13.0 Å². The second kappa shape index (κ2) is 8.53. The van der Waals surface area contributed by atoms with Crippen LogP contribution in [0.1, 0.15) is 11.3 Å². The molecule has 0 saturated carbocycles. The van der Waals surface area contributed by atoms with E-state index in [-0.39, 0.29) is 42.5 Å². The quantitative estimate of drug-likeness (QED) is 0.501. The van der Waals surface area contributed by atoms with Crippen molar-refractivity contribution >= 4 is 52.8 Å². The Morgan fingerprint density at radius 1 is 1.33 bits per heavy atom. The molecule has 3 heterocycles. The van der Waals surface area contributed by atoms with Crippen molar-refractivity contribution in [2.24, 2.45) is 0 Å². The fraction of sp³-hybridized carbons (Fsp3) is 0.389. The first-order valence-corrected chi connectivity index (χ1v) is 11.7. The first-order chi connectivity index (χ1) is 14.4. The fourth-order valence-corrected chi connectivity index (χ4v) is 7.19. The Labute approximate surface area is 184 Å². The highest BCUT2D eigenvalue weighted by molar-refractivity contribution is 8.06. The van der Waals surface area contributed by atoms with Gasteiger partial charge in [-0.05, 0) is 17.1 Å². The number of aromatic nitrogens is 2. The molecule has 2 saturated heterocycles. The van der Waals surface area contributed by atoms with Gasteiger partial charge in [-0.25, -0.2) is 0 Å². The van der Waals surface area contributed by atoms with Crippen molar-refractivity contribution in [1.82, 2.24) is 19.8 Å². The number of nitrogens with zero attached hydrogens (tertiary/aromatic N) is 3. The average molecular weight is 467 g/mol. The van der Waals surface area contributed by atoms with Crippen LogP contribution in [0.2, 0.25) is 0 Å². The normalized spacial score (nSPS) is 25.4. The molecular formula is C18H18N4O5S3. The van der Waals surface area contributed by atoms with Gasteiger partial charge in [-0.3, -0.25) is 14.4 Å². The Kier molecular flexibility index (Phi) is 6.00. The van der Waals surface area contributed by atoms with E-state index in [9.17, 15) is 24.6 Å². The summed E-state index contributed by atoms with van der Waals surface area (Å²) in [5.74, 6) is -1.33. The second-order valence-corrected chi connectivity index (χ2v) is 10.5. The number of β-lactam (4-membered cyclic amide) rings is 1. The third-order valence-electron chi connectivity index (χ3n) is 4.93. The molecule has 1 aromatic carbocycles. The molecule has 2 aromatic rings. The van der Waals surface area contributed by atoms with Crippen LogP contribution in [-0.2, 0) is 27.4 Å². The van der Waals surface area contributed by atoms with Gasteiger partial charge in [-0.1, -0.05) is 46.6 Å². The number of benzene rings is 1. The molecule has 158 valence electrons. The summed E-state index contributed by atoms with van der Waals surface area (Å²) >= 11 is 3.43. The van der Waals surface area contributed by atoms with Crippen LogP contribution in [-0.4, -0.2) is 70.9 Å². The molecular weight excluding hydrogens is 448 g/mol. The van der Waals surface area contributed by atoms with Crippen molar-refractivity contribution < 1.29 is 24.6 Å². The average Bonchev–Trinajstić information content (AvgIpc) is 3.19. The molecule has 3 atom stereocenters. The van der Waals surface area contributed by atoms with Crippen molar-refractivity contribution in [2.45, 2.75) is 33.4 Å². The van der Waals surface area contributed by atoms with E-state index in [4.69, 9.17) is 0 Å². The van der Waals surface area contributed by atoms with Crippen LogP contribution in [0.5, 0.6) is 0 Å². The highest BCUT2D eigenvalue weighted by atomic mass is 32.2. The monoisotopic (exact) mass is 466 g/mol. The Balaban J connectivity index is 1.42. The van der Waals surface area contributed by atoms with Gasteiger partial charge in [0.15, 0.2) is 0 Å². The first kappa shape index (κ1) is 21.1. The smallest absolute Gasteiger partial charge is 0.322 e. The summed E-state index contributed by atoms with van der Waals surface area (Å²) in [6.45, 7) is -0.320. The lowest BCUT2D eigenvalue weighted by atomic mass is 10.0. The van der Waals surface area contributed by atoms with E-state index in [0.29, 0.717) is 9.90 Å². The second-order valence-electron chi connectivity index (χ2n) is 6.94. The number of carbonyl (C=O) groups excluding carboxylic acids is 2. The lowest BCUT2D eigenvalue weighted by Gasteiger charge is -2.53. The SMILES string of the molecule is O=C(Cc1ccccc1)N[C@@H]1C(=O)N2CC(Sc3snnc3CO)(C(=O)O)CS[C@H]12. The summed E-state index contributed by atoms with van der Waals surface area (Å²) in [5.41, 5.74) is 1.19. The zero-order chi connectivity index (χ0) is 21.3. The van der Waals surface area contributed by atoms with Crippen molar-refractivity contribution in [3.63, 3.8) is 0 Å². The van der Waals surface area contributed by atoms with Crippen molar-refractivity contribution in [3.05, 3.63) is 41.6 Å². The summed E-state index contributed by atoms with van der Waals surface area (Å²) in [4.78, 5) is 38.6. The van der Waals surface area contributed by atoms with Gasteiger partial charge < -0.3 is 20.4 Å². The summed E-state index contributed by atoms with van der Waals surface area (Å²) in [5, 5.41) is 25.6. The maximum absolute atomic E-state index is 12.7. The molecule has 9 nitrogen and oxygen atoms in total. The van der Waals surface area contributed by atoms with Gasteiger partial charge >= 0.3 is 5.97 Å². The predicted octanol–water partition coefficient (Wildman–Crippen LogP) is 0.588. The lowest BCUT2D eigenvalue weighted by Crippen LogP contribution is -2.74. The number of fused-ring (bicyclic) bond motifs is 1. The van der Waals surface area contributed by atoms with Crippen LogP contribution in [0.3, 0.4) is 0 Å². The van der Waals surface area contributed by atoms with Gasteiger partial charge in [-0.15, -0.1) is 16.9 Å². The van der Waals surface area contributed by atoms with Crippen LogP contribution >= 0.6 is 35.1 Å². The number of amides is 2. The number of carboxylic acid groups (broad SMARTS) is 1. The molecule has 4 rings (SSSR count). The Bertz CT molecular complexity index is 972. The number of aliphatic carboxylic acids is 1. The topological polar surface area (TPSA) is 133 Å². The van der Waals surface area contributed by atoms with E-state index in [1.54, 1.807) is 0 Å². The van der Waals surface area contributed by atoms with Gasteiger partial charge in [0, 0.05) is 12.3 Å². The van der Waals surface area contributed by atoms with Crippen LogP contribution in [0.15, 0.2) is 34.5 Å². The minimum atomic E-state index is -1.27. The molecule has 12 heteroatoms. The molecule has 2 aliphatic rings. The molecule has 2 aliphatic heterocycles. The molecule has 3 N–H and O–H groups in total. The molecule has 1 unspecified atom stereocenters. The molecule has 0 radical (unpaired) electrons. The third kappa shape index (κ3) is 3.92. The third-order valence-corrected chi connectivity index (χ3v) is 8.94. The van der Waals surface area contributed by atoms with Crippen LogP contribution in [0.25, 0.3) is 0 Å². The predicted molar refractivity (Wildman–Crippen MR) is 112 cm³/mol. The summed E-state index contributed by atoms with van der Waals surface area (Å²) in [6, 6.07) is 8.60. The largest absolute Gasteiger partial charge is 0.480 e. The number of nitrogens with one attached hydrogen (secondary N) is 1. The standard InChI is InChI=1S/C18H18N4O5S3/c23-7-11-16(30-21-20-11)29-18(17(26)27)8-22-14(25)13(15(22)28-9-18)19-12(24)6-10-4-2-1-3-5-10/h1-5,13,15,23H,6-9H2,(H,19,24)(H,26,27)/t13-,15-,18?/m1/s1. The number of carbonyl (C=O) groups is 3. The van der Waals surface area contributed by atoms with Crippen LogP contribution < -0.4 is 5.32 Å². The maximum atomic E-state index is 12.7. The minimum Gasteiger partial charge on any atom is -0.480 e. The molecule has 0 bridgehead atoms. The fourth-order valence-electron chi connectivity index (χ4n) is 3.34. The molecule has 0 spiro atoms. The van der Waals surface area contributed by atoms with Crippen LogP contribution in [0.4, 0.5) is 0 Å². The van der Waals surface area contributed by atoms with Crippen molar-refractivity contribution in [1.29, 1.82) is 0 Å². The highest BCUT2D eigenvalue weighted by Crippen LogP contribution is 2.47. The first-order valence-electron chi connectivity index (χ1n) is 9.03. The van der Waals surface area contributed by atoms with E-state index >= 15 is 0 Å². The van der Waals surface area contributed by atoms with Gasteiger partial charge in [0.2, 0.25) is 11.8 Å². The number of aliphatic hydroxyl groups is 1. The highest BCUT2D eigenvalue weighted by Gasteiger charge is 2.58. The summed E-state index contributed by atoms with van der Waals surface area (Å²) in [7, 11) is 0. The van der Waals surface area contributed by atoms with Crippen LogP contribution in [0, 0.1) is 0 Å². The van der Waals surface area contributed by atoms with Crippen molar-refractivity contribution in [2.75, 3.05) is 12.3 Å². The zero-order valence-corrected chi connectivity index (χ0v) is 18.0. The number of hydrogen-bond acceptors (Lipinski definition) is 9. The summed E-state index contributed by atoms with van der Waals surface area (Å²) < 4.78 is 3.03. The number of rotatable bonds is 7. The van der Waals surface area contributed by atoms with E-state index in [2.05, 4.69) is 14.9 Å². The molecule has 2 fully saturated rings. The lowest BCUT2D eigenvalue weighted by molar-refractivity contribution is -0.152.